The number of tetrazole rings is 1. The van der Waals surface area contributed by atoms with Crippen molar-refractivity contribution in [3.05, 3.63) is 53.6 Å². The van der Waals surface area contributed by atoms with E-state index in [0.717, 1.165) is 10.6 Å². The first-order valence-corrected chi connectivity index (χ1v) is 6.20. The van der Waals surface area contributed by atoms with Crippen LogP contribution in [0.15, 0.2) is 43.0 Å². The first-order valence-electron chi connectivity index (χ1n) is 5.82. The Morgan fingerprint density at radius 1 is 1.32 bits per heavy atom. The molecule has 0 amide bonds. The third-order valence-electron chi connectivity index (χ3n) is 2.39. The summed E-state index contributed by atoms with van der Waals surface area (Å²) < 4.78 is 1.64. The molecule has 19 heavy (non-hydrogen) atoms. The van der Waals surface area contributed by atoms with Crippen LogP contribution in [-0.4, -0.2) is 26.8 Å². The lowest BCUT2D eigenvalue weighted by Crippen LogP contribution is -2.07. The zero-order chi connectivity index (χ0) is 13.5. The molecule has 6 heteroatoms. The molecule has 1 N–H and O–H groups in total. The Hall–Kier alpha value is -2.14. The van der Waals surface area contributed by atoms with Gasteiger partial charge in [0.15, 0.2) is 0 Å². The molecular formula is C13H14ClN5. The van der Waals surface area contributed by atoms with Gasteiger partial charge in [-0.2, -0.15) is 0 Å². The average molecular weight is 276 g/mol. The molecule has 98 valence electrons. The second-order valence-electron chi connectivity index (χ2n) is 3.81. The van der Waals surface area contributed by atoms with Crippen LogP contribution in [0.1, 0.15) is 5.56 Å². The maximum absolute atomic E-state index is 5.82. The summed E-state index contributed by atoms with van der Waals surface area (Å²) in [5.41, 5.74) is 1.09. The Morgan fingerprint density at radius 3 is 2.84 bits per heavy atom. The summed E-state index contributed by atoms with van der Waals surface area (Å²) in [6.45, 7) is 4.87. The minimum absolute atomic E-state index is 0.580. The van der Waals surface area contributed by atoms with Crippen LogP contribution in [-0.2, 0) is 6.54 Å². The van der Waals surface area contributed by atoms with Crippen molar-refractivity contribution >= 4 is 23.6 Å². The number of anilines is 1. The van der Waals surface area contributed by atoms with Crippen molar-refractivity contribution in [2.75, 3.05) is 11.9 Å². The number of hydrogen-bond acceptors (Lipinski definition) is 4. The molecule has 0 spiro atoms. The van der Waals surface area contributed by atoms with Crippen LogP contribution in [0.2, 0.25) is 5.02 Å². The van der Waals surface area contributed by atoms with Gasteiger partial charge in [-0.25, -0.2) is 4.68 Å². The van der Waals surface area contributed by atoms with Gasteiger partial charge in [0.25, 0.3) is 0 Å². The quantitative estimate of drug-likeness (QED) is 0.824. The van der Waals surface area contributed by atoms with Gasteiger partial charge in [-0.3, -0.25) is 0 Å². The third kappa shape index (κ3) is 3.93. The van der Waals surface area contributed by atoms with E-state index in [0.29, 0.717) is 19.0 Å². The van der Waals surface area contributed by atoms with E-state index in [1.807, 2.05) is 36.4 Å². The molecule has 2 aromatic rings. The van der Waals surface area contributed by atoms with E-state index in [-0.39, 0.29) is 0 Å². The van der Waals surface area contributed by atoms with Gasteiger partial charge in [0.2, 0.25) is 5.95 Å². The van der Waals surface area contributed by atoms with E-state index in [2.05, 4.69) is 27.4 Å². The molecule has 0 radical (unpaired) electrons. The predicted octanol–water partition coefficient (Wildman–Crippen LogP) is 2.64. The number of benzene rings is 1. The largest absolute Gasteiger partial charge is 0.350 e. The van der Waals surface area contributed by atoms with E-state index < -0.39 is 0 Å². The number of allylic oxidation sites excluding steroid dienone is 1. The number of rotatable bonds is 6. The number of nitrogens with zero attached hydrogens (tertiary/aromatic N) is 4. The second-order valence-corrected chi connectivity index (χ2v) is 4.24. The van der Waals surface area contributed by atoms with Gasteiger partial charge in [-0.15, -0.1) is 6.58 Å². The number of hydrogen-bond donors (Lipinski definition) is 1. The molecule has 0 saturated heterocycles. The van der Waals surface area contributed by atoms with Crippen molar-refractivity contribution in [2.45, 2.75) is 6.54 Å². The summed E-state index contributed by atoms with van der Waals surface area (Å²) in [5.74, 6) is 0.626. The molecule has 1 aromatic heterocycles. The summed E-state index contributed by atoms with van der Waals surface area (Å²) in [6, 6.07) is 7.64. The zero-order valence-electron chi connectivity index (χ0n) is 10.3. The Kier molecular flexibility index (Phi) is 4.69. The van der Waals surface area contributed by atoms with Crippen LogP contribution in [0.25, 0.3) is 6.08 Å². The van der Waals surface area contributed by atoms with Crippen LogP contribution in [0, 0.1) is 0 Å². The van der Waals surface area contributed by atoms with Crippen LogP contribution in [0.4, 0.5) is 5.95 Å². The highest BCUT2D eigenvalue weighted by Gasteiger charge is 2.01. The van der Waals surface area contributed by atoms with Crippen molar-refractivity contribution in [3.63, 3.8) is 0 Å². The highest BCUT2D eigenvalue weighted by atomic mass is 35.5. The van der Waals surface area contributed by atoms with E-state index in [9.17, 15) is 0 Å². The minimum atomic E-state index is 0.580. The number of nitrogens with one attached hydrogen (secondary N) is 1. The van der Waals surface area contributed by atoms with Gasteiger partial charge in [-0.1, -0.05) is 47.1 Å². The molecule has 0 aliphatic carbocycles. The smallest absolute Gasteiger partial charge is 0.243 e. The highest BCUT2D eigenvalue weighted by molar-refractivity contribution is 6.30. The van der Waals surface area contributed by atoms with E-state index in [1.54, 1.807) is 10.8 Å². The molecule has 1 heterocycles. The van der Waals surface area contributed by atoms with E-state index >= 15 is 0 Å². The highest BCUT2D eigenvalue weighted by Crippen LogP contribution is 2.10. The fourth-order valence-corrected chi connectivity index (χ4v) is 1.62. The Bertz CT molecular complexity index is 559. The molecular weight excluding hydrogens is 262 g/mol. The van der Waals surface area contributed by atoms with Gasteiger partial charge >= 0.3 is 0 Å². The van der Waals surface area contributed by atoms with Crippen LogP contribution in [0.3, 0.4) is 0 Å². The SMILES string of the molecule is C=CCn1nnnc1NC/C=C/c1ccc(Cl)cc1. The Labute approximate surface area is 116 Å². The molecule has 0 bridgehead atoms. The van der Waals surface area contributed by atoms with Crippen LogP contribution >= 0.6 is 11.6 Å². The summed E-state index contributed by atoms with van der Waals surface area (Å²) in [4.78, 5) is 0. The molecule has 0 aliphatic rings. The van der Waals surface area contributed by atoms with Gasteiger partial charge in [-0.05, 0) is 28.1 Å². The molecule has 0 saturated carbocycles. The van der Waals surface area contributed by atoms with Crippen molar-refractivity contribution in [1.29, 1.82) is 0 Å². The maximum atomic E-state index is 5.82. The van der Waals surface area contributed by atoms with Gasteiger partial charge in [0.05, 0.1) is 6.54 Å². The van der Waals surface area contributed by atoms with Crippen LogP contribution < -0.4 is 5.32 Å². The first kappa shape index (κ1) is 13.3. The zero-order valence-corrected chi connectivity index (χ0v) is 11.1. The van der Waals surface area contributed by atoms with E-state index in [4.69, 9.17) is 11.6 Å². The lowest BCUT2D eigenvalue weighted by molar-refractivity contribution is 0.665. The van der Waals surface area contributed by atoms with Crippen LogP contribution in [0.5, 0.6) is 0 Å². The standard InChI is InChI=1S/C13H14ClN5/c1-2-10-19-13(16-17-18-19)15-9-3-4-11-5-7-12(14)8-6-11/h2-8H,1,9-10H2,(H,15,16,18)/b4-3+. The third-order valence-corrected chi connectivity index (χ3v) is 2.64. The second kappa shape index (κ2) is 6.70. The van der Waals surface area contributed by atoms with E-state index in [1.165, 1.54) is 0 Å². The monoisotopic (exact) mass is 275 g/mol. The predicted molar refractivity (Wildman–Crippen MR) is 77.0 cm³/mol. The molecule has 1 aromatic carbocycles. The summed E-state index contributed by atoms with van der Waals surface area (Å²) in [5, 5.41) is 15.2. The fraction of sp³-hybridized carbons (Fsp3) is 0.154. The summed E-state index contributed by atoms with van der Waals surface area (Å²) in [6.07, 6.45) is 5.74. The molecule has 0 unspecified atom stereocenters. The molecule has 2 rings (SSSR count). The number of aromatic nitrogens is 4. The van der Waals surface area contributed by atoms with Crippen molar-refractivity contribution in [2.24, 2.45) is 0 Å². The normalized spacial score (nSPS) is 10.8. The maximum Gasteiger partial charge on any atom is 0.243 e. The molecule has 0 fully saturated rings. The first-order chi connectivity index (χ1) is 9.29. The fourth-order valence-electron chi connectivity index (χ4n) is 1.50. The summed E-state index contributed by atoms with van der Waals surface area (Å²) >= 11 is 5.82. The topological polar surface area (TPSA) is 55.6 Å². The molecule has 5 nitrogen and oxygen atoms in total. The minimum Gasteiger partial charge on any atom is -0.350 e. The number of halogens is 1. The Morgan fingerprint density at radius 2 is 2.11 bits per heavy atom. The van der Waals surface area contributed by atoms with Gasteiger partial charge in [0.1, 0.15) is 0 Å². The molecule has 0 aliphatic heterocycles. The average Bonchev–Trinajstić information content (AvgIpc) is 2.85. The lowest BCUT2D eigenvalue weighted by atomic mass is 10.2. The van der Waals surface area contributed by atoms with Gasteiger partial charge < -0.3 is 5.32 Å². The van der Waals surface area contributed by atoms with Gasteiger partial charge in [0, 0.05) is 11.6 Å². The molecule has 0 atom stereocenters. The Balaban J connectivity index is 1.87. The van der Waals surface area contributed by atoms with Crippen molar-refractivity contribution in [3.8, 4) is 0 Å². The van der Waals surface area contributed by atoms with Crippen molar-refractivity contribution < 1.29 is 0 Å². The summed E-state index contributed by atoms with van der Waals surface area (Å²) in [7, 11) is 0. The lowest BCUT2D eigenvalue weighted by Gasteiger charge is -2.01. The van der Waals surface area contributed by atoms with Crippen molar-refractivity contribution in [1.82, 2.24) is 20.2 Å².